The Morgan fingerprint density at radius 3 is 2.17 bits per heavy atom. The van der Waals surface area contributed by atoms with Gasteiger partial charge in [-0.3, -0.25) is 9.59 Å². The van der Waals surface area contributed by atoms with E-state index in [-0.39, 0.29) is 52.9 Å². The number of hydrogen-bond donors (Lipinski definition) is 1. The second-order valence-electron chi connectivity index (χ2n) is 17.5. The molecule has 0 aromatic heterocycles. The van der Waals surface area contributed by atoms with E-state index < -0.39 is 50.8 Å². The van der Waals surface area contributed by atoms with Crippen LogP contribution in [0.5, 0.6) is 0 Å². The van der Waals surface area contributed by atoms with Crippen LogP contribution < -0.4 is 0 Å². The SMILES string of the molecule is C[C@@H]1C[C@H]2[C@@H]3CC=C4CC(=O)C=C[C@]4(C)[C@@]3(F)[C@@H](O[Si](C)(C)C(C)(C)C)C[C@]2(C)[C@@]1(O)C(=O)CO[Si](C)(C)C(C)(C)C. The molecule has 0 aromatic rings. The Hall–Kier alpha value is -0.936. The fourth-order valence-electron chi connectivity index (χ4n) is 8.24. The molecule has 4 aliphatic carbocycles. The van der Waals surface area contributed by atoms with E-state index in [1.165, 1.54) is 0 Å². The number of hydrogen-bond acceptors (Lipinski definition) is 5. The zero-order valence-corrected chi connectivity index (χ0v) is 30.5. The predicted molar refractivity (Wildman–Crippen MR) is 172 cm³/mol. The summed E-state index contributed by atoms with van der Waals surface area (Å²) in [6, 6.07) is 0. The summed E-state index contributed by atoms with van der Waals surface area (Å²) in [7, 11) is -4.72. The molecule has 1 N–H and O–H groups in total. The molecule has 2 saturated carbocycles. The Morgan fingerprint density at radius 1 is 1.05 bits per heavy atom. The molecule has 42 heavy (non-hydrogen) atoms. The zero-order valence-electron chi connectivity index (χ0n) is 28.5. The monoisotopic (exact) mass is 620 g/mol. The van der Waals surface area contributed by atoms with Gasteiger partial charge in [0.05, 0.1) is 12.7 Å². The number of carbonyl (C=O) groups is 2. The summed E-state index contributed by atoms with van der Waals surface area (Å²) in [5, 5.41) is 12.4. The molecule has 0 bridgehead atoms. The maximum Gasteiger partial charge on any atom is 0.192 e. The van der Waals surface area contributed by atoms with E-state index in [4.69, 9.17) is 8.85 Å². The second kappa shape index (κ2) is 10.0. The van der Waals surface area contributed by atoms with Crippen LogP contribution in [0.1, 0.15) is 88.0 Å². The van der Waals surface area contributed by atoms with Crippen LogP contribution in [-0.4, -0.2) is 57.3 Å². The van der Waals surface area contributed by atoms with Gasteiger partial charge in [-0.1, -0.05) is 73.1 Å². The van der Waals surface area contributed by atoms with Gasteiger partial charge < -0.3 is 14.0 Å². The lowest BCUT2D eigenvalue weighted by molar-refractivity contribution is -0.211. The van der Waals surface area contributed by atoms with Crippen molar-refractivity contribution in [1.82, 2.24) is 0 Å². The number of halogens is 1. The second-order valence-corrected chi connectivity index (χ2v) is 27.1. The summed E-state index contributed by atoms with van der Waals surface area (Å²) in [5.41, 5.74) is -4.47. The first-order valence-electron chi connectivity index (χ1n) is 16.0. The highest BCUT2D eigenvalue weighted by Gasteiger charge is 2.76. The van der Waals surface area contributed by atoms with Gasteiger partial charge in [-0.15, -0.1) is 0 Å². The van der Waals surface area contributed by atoms with Gasteiger partial charge in [0.15, 0.2) is 33.9 Å². The standard InChI is InChI=1S/C34H57FO5Si2/c1-22-18-26-25-15-14-23-19-24(36)16-17-31(23,8)33(25,35)28(40-42(12,13)30(5,6)7)20-32(26,9)34(22,38)27(37)21-39-41(10,11)29(2,3)4/h14,16-17,22,25-26,28,38H,15,18-21H2,1-13H3/t22-,25+,26+,28+,31+,32+,33+,34+/m1/s1. The molecule has 5 nitrogen and oxygen atoms in total. The summed E-state index contributed by atoms with van der Waals surface area (Å²) in [6.45, 7) is 27.1. The fourth-order valence-corrected chi connectivity index (χ4v) is 10.5. The summed E-state index contributed by atoms with van der Waals surface area (Å²) in [6.07, 6.45) is 6.07. The number of Topliss-reactive ketones (excluding diaryl/α,β-unsaturated/α-hetero) is 1. The van der Waals surface area contributed by atoms with E-state index in [1.807, 2.05) is 20.8 Å². The van der Waals surface area contributed by atoms with Crippen LogP contribution in [0.3, 0.4) is 0 Å². The van der Waals surface area contributed by atoms with Crippen LogP contribution in [-0.2, 0) is 18.4 Å². The van der Waals surface area contributed by atoms with Crippen LogP contribution in [0.15, 0.2) is 23.8 Å². The molecular formula is C34H57FO5Si2. The van der Waals surface area contributed by atoms with Gasteiger partial charge in [0.25, 0.3) is 0 Å². The summed E-state index contributed by atoms with van der Waals surface area (Å²) in [4.78, 5) is 26.6. The van der Waals surface area contributed by atoms with Crippen LogP contribution in [0.4, 0.5) is 4.39 Å². The maximum atomic E-state index is 18.6. The molecule has 0 aliphatic heterocycles. The van der Waals surface area contributed by atoms with E-state index in [2.05, 4.69) is 73.8 Å². The van der Waals surface area contributed by atoms with Gasteiger partial charge in [-0.05, 0) is 80.4 Å². The van der Waals surface area contributed by atoms with Crippen LogP contribution >= 0.6 is 0 Å². The van der Waals surface area contributed by atoms with E-state index >= 15 is 4.39 Å². The molecule has 4 rings (SSSR count). The summed E-state index contributed by atoms with van der Waals surface area (Å²) in [5.74, 6) is -1.31. The van der Waals surface area contributed by atoms with Gasteiger partial charge in [-0.2, -0.15) is 0 Å². The number of carbonyl (C=O) groups excluding carboxylic acids is 2. The van der Waals surface area contributed by atoms with Crippen molar-refractivity contribution >= 4 is 28.2 Å². The van der Waals surface area contributed by atoms with Gasteiger partial charge >= 0.3 is 0 Å². The number of fused-ring (bicyclic) bond motifs is 5. The average molecular weight is 621 g/mol. The molecule has 0 heterocycles. The first kappa shape index (κ1) is 33.9. The molecule has 0 radical (unpaired) electrons. The number of ketones is 2. The van der Waals surface area contributed by atoms with Crippen molar-refractivity contribution in [1.29, 1.82) is 0 Å². The number of aliphatic hydroxyl groups is 1. The Kier molecular flexibility index (Phi) is 8.11. The molecule has 4 aliphatic rings. The van der Waals surface area contributed by atoms with Crippen LogP contribution in [0.2, 0.25) is 36.3 Å². The van der Waals surface area contributed by atoms with Crippen molar-refractivity contribution in [2.24, 2.45) is 28.6 Å². The zero-order chi connectivity index (χ0) is 32.1. The van der Waals surface area contributed by atoms with E-state index in [1.54, 1.807) is 12.2 Å². The van der Waals surface area contributed by atoms with Crippen molar-refractivity contribution < 1.29 is 27.9 Å². The van der Waals surface area contributed by atoms with E-state index in [0.717, 1.165) is 5.57 Å². The van der Waals surface area contributed by atoms with Crippen LogP contribution in [0.25, 0.3) is 0 Å². The van der Waals surface area contributed by atoms with Crippen LogP contribution in [0, 0.1) is 28.6 Å². The first-order valence-corrected chi connectivity index (χ1v) is 21.8. The van der Waals surface area contributed by atoms with Gasteiger partial charge in [0, 0.05) is 23.2 Å². The van der Waals surface area contributed by atoms with E-state index in [9.17, 15) is 14.7 Å². The quantitative estimate of drug-likeness (QED) is 0.241. The van der Waals surface area contributed by atoms with Gasteiger partial charge in [0.2, 0.25) is 0 Å². The highest BCUT2D eigenvalue weighted by atomic mass is 28.4. The minimum absolute atomic E-state index is 0.000482. The minimum Gasteiger partial charge on any atom is -0.411 e. The van der Waals surface area contributed by atoms with Crippen molar-refractivity contribution in [2.75, 3.05) is 6.61 Å². The molecule has 8 atom stereocenters. The van der Waals surface area contributed by atoms with Crippen molar-refractivity contribution in [3.63, 3.8) is 0 Å². The largest absolute Gasteiger partial charge is 0.411 e. The third kappa shape index (κ3) is 4.67. The number of alkyl halides is 1. The Morgan fingerprint density at radius 2 is 1.62 bits per heavy atom. The summed E-state index contributed by atoms with van der Waals surface area (Å²) < 4.78 is 32.0. The van der Waals surface area contributed by atoms with Gasteiger partial charge in [0.1, 0.15) is 5.60 Å². The number of allylic oxidation sites excluding steroid dienone is 4. The normalized spacial score (nSPS) is 40.7. The van der Waals surface area contributed by atoms with Crippen molar-refractivity contribution in [2.45, 2.75) is 142 Å². The molecule has 2 fully saturated rings. The number of rotatable bonds is 6. The Bertz CT molecular complexity index is 1200. The third-order valence-corrected chi connectivity index (χ3v) is 22.2. The molecule has 0 saturated heterocycles. The average Bonchev–Trinajstić information content (AvgIpc) is 3.03. The van der Waals surface area contributed by atoms with E-state index in [0.29, 0.717) is 12.8 Å². The highest BCUT2D eigenvalue weighted by molar-refractivity contribution is 6.74. The molecule has 8 heteroatoms. The molecule has 0 spiro atoms. The lowest BCUT2D eigenvalue weighted by Crippen LogP contribution is -2.71. The maximum absolute atomic E-state index is 18.6. The topological polar surface area (TPSA) is 72.8 Å². The smallest absolute Gasteiger partial charge is 0.192 e. The summed E-state index contributed by atoms with van der Waals surface area (Å²) >= 11 is 0. The fraction of sp³-hybridized carbons (Fsp3) is 0.824. The Labute approximate surface area is 256 Å². The van der Waals surface area contributed by atoms with Crippen molar-refractivity contribution in [3.8, 4) is 0 Å². The van der Waals surface area contributed by atoms with Crippen molar-refractivity contribution in [3.05, 3.63) is 23.8 Å². The molecule has 0 aromatic carbocycles. The molecule has 0 amide bonds. The molecule has 0 unspecified atom stereocenters. The van der Waals surface area contributed by atoms with Gasteiger partial charge in [-0.25, -0.2) is 4.39 Å². The predicted octanol–water partition coefficient (Wildman–Crippen LogP) is 7.95. The lowest BCUT2D eigenvalue weighted by atomic mass is 9.45. The lowest BCUT2D eigenvalue weighted by Gasteiger charge is -2.64. The molecule has 238 valence electrons. The molecular weight excluding hydrogens is 564 g/mol. The minimum atomic E-state index is -2.48. The highest BCUT2D eigenvalue weighted by Crippen LogP contribution is 2.71. The Balaban J connectivity index is 1.83. The first-order chi connectivity index (χ1) is 18.8. The third-order valence-electron chi connectivity index (χ3n) is 13.2.